The molecule has 0 heterocycles. The average Bonchev–Trinajstić information content (AvgIpc) is 2.39. The molecule has 0 aliphatic carbocycles. The number of hydrogen-bond acceptors (Lipinski definition) is 6. The van der Waals surface area contributed by atoms with Gasteiger partial charge in [-0.2, -0.15) is 0 Å². The van der Waals surface area contributed by atoms with Gasteiger partial charge in [-0.3, -0.25) is 20.9 Å². The molecule has 0 aliphatic heterocycles. The monoisotopic (exact) mass is 268 g/mol. The van der Waals surface area contributed by atoms with E-state index in [-0.39, 0.29) is 12.3 Å². The Morgan fingerprint density at radius 1 is 1.47 bits per heavy atom. The van der Waals surface area contributed by atoms with Crippen molar-refractivity contribution in [2.45, 2.75) is 19.9 Å². The van der Waals surface area contributed by atoms with Gasteiger partial charge in [-0.15, -0.1) is 0 Å². The zero-order valence-corrected chi connectivity index (χ0v) is 11.0. The molecule has 7 nitrogen and oxygen atoms in total. The van der Waals surface area contributed by atoms with Crippen LogP contribution in [0.1, 0.15) is 18.9 Å². The maximum Gasteiger partial charge on any atom is 0.293 e. The molecule has 0 spiro atoms. The highest BCUT2D eigenvalue weighted by molar-refractivity contribution is 5.65. The third-order valence-corrected chi connectivity index (χ3v) is 2.82. The van der Waals surface area contributed by atoms with E-state index in [9.17, 15) is 10.1 Å². The van der Waals surface area contributed by atoms with E-state index >= 15 is 0 Å². The van der Waals surface area contributed by atoms with Crippen molar-refractivity contribution in [3.63, 3.8) is 0 Å². The number of nitrogen functional groups attached to an aromatic ring is 1. The molecule has 1 aromatic rings. The molecule has 106 valence electrons. The summed E-state index contributed by atoms with van der Waals surface area (Å²) in [5.74, 6) is 5.39. The number of para-hydroxylation sites is 1. The van der Waals surface area contributed by atoms with E-state index in [1.807, 2.05) is 11.8 Å². The Labute approximate surface area is 112 Å². The minimum Gasteiger partial charge on any atom is -0.395 e. The van der Waals surface area contributed by atoms with Crippen LogP contribution in [0.3, 0.4) is 0 Å². The minimum absolute atomic E-state index is 0.0413. The molecular formula is C12H20N4O3. The molecule has 0 atom stereocenters. The van der Waals surface area contributed by atoms with Gasteiger partial charge in [0, 0.05) is 19.2 Å². The number of aliphatic hydroxyl groups excluding tert-OH is 1. The lowest BCUT2D eigenvalue weighted by Crippen LogP contribution is -2.28. The number of anilines is 1. The Morgan fingerprint density at radius 3 is 2.74 bits per heavy atom. The molecule has 0 unspecified atom stereocenters. The smallest absolute Gasteiger partial charge is 0.293 e. The van der Waals surface area contributed by atoms with E-state index in [0.29, 0.717) is 18.8 Å². The zero-order chi connectivity index (χ0) is 14.3. The Hall–Kier alpha value is -1.70. The van der Waals surface area contributed by atoms with Crippen molar-refractivity contribution < 1.29 is 10.0 Å². The minimum atomic E-state index is -0.463. The second-order valence-electron chi connectivity index (χ2n) is 4.21. The second-order valence-corrected chi connectivity index (χ2v) is 4.21. The maximum atomic E-state index is 10.9. The molecule has 0 saturated heterocycles. The Bertz CT molecular complexity index is 419. The molecule has 4 N–H and O–H groups in total. The van der Waals surface area contributed by atoms with E-state index in [0.717, 1.165) is 18.5 Å². The number of rotatable bonds is 8. The summed E-state index contributed by atoms with van der Waals surface area (Å²) < 4.78 is 0. The number of nitrogens with one attached hydrogen (secondary N) is 1. The van der Waals surface area contributed by atoms with Crippen molar-refractivity contribution in [3.05, 3.63) is 33.9 Å². The van der Waals surface area contributed by atoms with Crippen LogP contribution in [0.15, 0.2) is 18.2 Å². The molecule has 0 radical (unpaired) electrons. The van der Waals surface area contributed by atoms with Crippen LogP contribution in [0.2, 0.25) is 0 Å². The van der Waals surface area contributed by atoms with Crippen molar-refractivity contribution in [2.75, 3.05) is 25.1 Å². The molecule has 0 aliphatic rings. The standard InChI is InChI=1S/C12H20N4O3/c1-2-6-15(7-8-17)9-10-4-3-5-11(16(18)19)12(10)14-13/h3-5,14,17H,2,6-9,13H2,1H3. The number of nitrogens with zero attached hydrogens (tertiary/aromatic N) is 2. The van der Waals surface area contributed by atoms with E-state index in [1.54, 1.807) is 12.1 Å². The van der Waals surface area contributed by atoms with Crippen LogP contribution < -0.4 is 11.3 Å². The highest BCUT2D eigenvalue weighted by Crippen LogP contribution is 2.28. The van der Waals surface area contributed by atoms with Crippen molar-refractivity contribution >= 4 is 11.4 Å². The summed E-state index contributed by atoms with van der Waals surface area (Å²) in [6.45, 7) is 3.95. The van der Waals surface area contributed by atoms with Gasteiger partial charge < -0.3 is 10.5 Å². The normalized spacial score (nSPS) is 10.7. The lowest BCUT2D eigenvalue weighted by molar-refractivity contribution is -0.384. The molecule has 0 amide bonds. The van der Waals surface area contributed by atoms with Gasteiger partial charge >= 0.3 is 0 Å². The van der Waals surface area contributed by atoms with Gasteiger partial charge in [0.1, 0.15) is 5.69 Å². The van der Waals surface area contributed by atoms with Gasteiger partial charge in [0.2, 0.25) is 0 Å². The fourth-order valence-electron chi connectivity index (χ4n) is 2.01. The molecule has 19 heavy (non-hydrogen) atoms. The molecule has 1 rings (SSSR count). The van der Waals surface area contributed by atoms with Crippen LogP contribution in [0.4, 0.5) is 11.4 Å². The summed E-state index contributed by atoms with van der Waals surface area (Å²) >= 11 is 0. The third kappa shape index (κ3) is 4.16. The van der Waals surface area contributed by atoms with E-state index in [4.69, 9.17) is 10.9 Å². The SMILES string of the molecule is CCCN(CCO)Cc1cccc([N+](=O)[O-])c1NN. The number of benzene rings is 1. The number of nitro benzene ring substituents is 1. The number of hydrogen-bond donors (Lipinski definition) is 3. The third-order valence-electron chi connectivity index (χ3n) is 2.82. The van der Waals surface area contributed by atoms with Crippen LogP contribution in [0.25, 0.3) is 0 Å². The first kappa shape index (κ1) is 15.4. The van der Waals surface area contributed by atoms with E-state index < -0.39 is 4.92 Å². The highest BCUT2D eigenvalue weighted by Gasteiger charge is 2.17. The van der Waals surface area contributed by atoms with Crippen LogP contribution in [-0.4, -0.2) is 34.6 Å². The van der Waals surface area contributed by atoms with Crippen molar-refractivity contribution in [2.24, 2.45) is 5.84 Å². The van der Waals surface area contributed by atoms with Crippen molar-refractivity contribution in [1.82, 2.24) is 4.90 Å². The molecule has 1 aromatic carbocycles. The predicted molar refractivity (Wildman–Crippen MR) is 73.6 cm³/mol. The van der Waals surface area contributed by atoms with Crippen LogP contribution in [-0.2, 0) is 6.54 Å². The lowest BCUT2D eigenvalue weighted by atomic mass is 10.1. The molecule has 0 aromatic heterocycles. The van der Waals surface area contributed by atoms with Crippen LogP contribution >= 0.6 is 0 Å². The van der Waals surface area contributed by atoms with E-state index in [2.05, 4.69) is 5.43 Å². The lowest BCUT2D eigenvalue weighted by Gasteiger charge is -2.21. The summed E-state index contributed by atoms with van der Waals surface area (Å²) in [5, 5.41) is 19.9. The molecule has 0 fully saturated rings. The summed E-state index contributed by atoms with van der Waals surface area (Å²) in [6, 6.07) is 4.84. The summed E-state index contributed by atoms with van der Waals surface area (Å²) in [4.78, 5) is 12.5. The predicted octanol–water partition coefficient (Wildman–Crippen LogP) is 1.08. The topological polar surface area (TPSA) is 105 Å². The number of nitro groups is 1. The van der Waals surface area contributed by atoms with Crippen molar-refractivity contribution in [3.8, 4) is 0 Å². The van der Waals surface area contributed by atoms with Gasteiger partial charge in [-0.05, 0) is 18.5 Å². The average molecular weight is 268 g/mol. The van der Waals surface area contributed by atoms with Gasteiger partial charge in [-0.25, -0.2) is 0 Å². The Kier molecular flexibility index (Phi) is 6.20. The van der Waals surface area contributed by atoms with Gasteiger partial charge in [0.05, 0.1) is 11.5 Å². The van der Waals surface area contributed by atoms with Crippen LogP contribution in [0.5, 0.6) is 0 Å². The molecule has 7 heteroatoms. The first-order valence-electron chi connectivity index (χ1n) is 6.20. The van der Waals surface area contributed by atoms with Crippen LogP contribution in [0, 0.1) is 10.1 Å². The molecule has 0 bridgehead atoms. The molecular weight excluding hydrogens is 248 g/mol. The zero-order valence-electron chi connectivity index (χ0n) is 11.0. The quantitative estimate of drug-likeness (QED) is 0.370. The van der Waals surface area contributed by atoms with Crippen molar-refractivity contribution in [1.29, 1.82) is 0 Å². The fraction of sp³-hybridized carbons (Fsp3) is 0.500. The molecule has 0 saturated carbocycles. The number of hydrazine groups is 1. The van der Waals surface area contributed by atoms with E-state index in [1.165, 1.54) is 6.07 Å². The van der Waals surface area contributed by atoms with Gasteiger partial charge in [-0.1, -0.05) is 19.1 Å². The summed E-state index contributed by atoms with van der Waals surface area (Å²) in [7, 11) is 0. The Morgan fingerprint density at radius 2 is 2.21 bits per heavy atom. The first-order valence-corrected chi connectivity index (χ1v) is 6.20. The largest absolute Gasteiger partial charge is 0.395 e. The number of nitrogens with two attached hydrogens (primary N) is 1. The highest BCUT2D eigenvalue weighted by atomic mass is 16.6. The second kappa shape index (κ2) is 7.67. The first-order chi connectivity index (χ1) is 9.13. The Balaban J connectivity index is 2.98. The summed E-state index contributed by atoms with van der Waals surface area (Å²) in [5.41, 5.74) is 3.44. The van der Waals surface area contributed by atoms with Gasteiger partial charge in [0.15, 0.2) is 0 Å². The van der Waals surface area contributed by atoms with Gasteiger partial charge in [0.25, 0.3) is 5.69 Å². The maximum absolute atomic E-state index is 10.9. The number of aliphatic hydroxyl groups is 1. The fourth-order valence-corrected chi connectivity index (χ4v) is 2.01. The summed E-state index contributed by atoms with van der Waals surface area (Å²) in [6.07, 6.45) is 0.945.